The van der Waals surface area contributed by atoms with Gasteiger partial charge in [0.05, 0.1) is 0 Å². The molecule has 4 nitrogen and oxygen atoms in total. The van der Waals surface area contributed by atoms with Gasteiger partial charge < -0.3 is 15.6 Å². The fourth-order valence-electron chi connectivity index (χ4n) is 3.04. The lowest BCUT2D eigenvalue weighted by atomic mass is 9.84. The summed E-state index contributed by atoms with van der Waals surface area (Å²) in [6, 6.07) is 8.37. The largest absolute Gasteiger partial charge is 0.573 e. The van der Waals surface area contributed by atoms with Crippen LogP contribution in [0.5, 0.6) is 5.75 Å². The van der Waals surface area contributed by atoms with Crippen molar-refractivity contribution in [2.24, 2.45) is 5.73 Å². The van der Waals surface area contributed by atoms with Crippen molar-refractivity contribution < 1.29 is 40.6 Å². The van der Waals surface area contributed by atoms with Crippen LogP contribution >= 0.6 is 0 Å². The van der Waals surface area contributed by atoms with Crippen LogP contribution in [-0.4, -0.2) is 23.0 Å². The lowest BCUT2D eigenvalue weighted by Crippen LogP contribution is -2.50. The molecule has 0 radical (unpaired) electrons. The quantitative estimate of drug-likeness (QED) is 0.388. The molecule has 0 aliphatic carbocycles. The van der Waals surface area contributed by atoms with E-state index in [-0.39, 0.29) is 5.56 Å². The van der Waals surface area contributed by atoms with E-state index in [1.807, 2.05) is 0 Å². The molecular weight excluding hydrogens is 481 g/mol. The van der Waals surface area contributed by atoms with Gasteiger partial charge in [0.25, 0.3) is 0 Å². The standard InChI is InChI=1S/C21H15F7N2O2.C3H8/c22-14-4-7-16(17(23)9-14)19(31,11-29)20(24,25)18-8-3-13(10-30-18)12-1-5-15(6-2-12)32-21(26,27)28;1-3-2/h1-10,31H,11,29H2;3H2,1-2H3. The lowest BCUT2D eigenvalue weighted by Gasteiger charge is -2.35. The van der Waals surface area contributed by atoms with E-state index in [0.717, 1.165) is 24.4 Å². The molecule has 0 spiro atoms. The summed E-state index contributed by atoms with van der Waals surface area (Å²) in [7, 11) is 0. The highest BCUT2D eigenvalue weighted by Crippen LogP contribution is 2.45. The average Bonchev–Trinajstić information content (AvgIpc) is 2.78. The first kappa shape index (κ1) is 28.1. The van der Waals surface area contributed by atoms with E-state index < -0.39 is 53.1 Å². The normalized spacial score (nSPS) is 13.5. The van der Waals surface area contributed by atoms with Crippen LogP contribution in [0.2, 0.25) is 0 Å². The SMILES string of the molecule is CCC.NCC(O)(c1ccc(F)cc1F)C(F)(F)c1ccc(-c2ccc(OC(F)(F)F)cc2)cn1. The summed E-state index contributed by atoms with van der Waals surface area (Å²) in [6.45, 7) is 3.15. The van der Waals surface area contributed by atoms with Crippen LogP contribution in [0.15, 0.2) is 60.8 Å². The summed E-state index contributed by atoms with van der Waals surface area (Å²) < 4.78 is 98.0. The molecule has 0 bridgehead atoms. The van der Waals surface area contributed by atoms with Crippen molar-refractivity contribution in [2.75, 3.05) is 6.54 Å². The first-order valence-corrected chi connectivity index (χ1v) is 10.4. The summed E-state index contributed by atoms with van der Waals surface area (Å²) in [5.41, 5.74) is 0.876. The molecule has 3 N–H and O–H groups in total. The Kier molecular flexibility index (Phi) is 8.85. The molecule has 35 heavy (non-hydrogen) atoms. The monoisotopic (exact) mass is 504 g/mol. The van der Waals surface area contributed by atoms with Crippen LogP contribution in [-0.2, 0) is 11.5 Å². The van der Waals surface area contributed by atoms with Gasteiger partial charge in [0.15, 0.2) is 5.60 Å². The zero-order chi connectivity index (χ0) is 26.4. The van der Waals surface area contributed by atoms with Gasteiger partial charge in [-0.05, 0) is 29.8 Å². The molecule has 190 valence electrons. The molecule has 1 unspecified atom stereocenters. The topological polar surface area (TPSA) is 68.4 Å². The van der Waals surface area contributed by atoms with Crippen LogP contribution in [0, 0.1) is 11.6 Å². The Labute approximate surface area is 197 Å². The third-order valence-corrected chi connectivity index (χ3v) is 4.70. The van der Waals surface area contributed by atoms with E-state index in [0.29, 0.717) is 23.8 Å². The van der Waals surface area contributed by atoms with Crippen molar-refractivity contribution >= 4 is 0 Å². The van der Waals surface area contributed by atoms with Crippen LogP contribution in [0.4, 0.5) is 30.7 Å². The number of alkyl halides is 5. The molecule has 0 aliphatic heterocycles. The van der Waals surface area contributed by atoms with Gasteiger partial charge in [-0.25, -0.2) is 8.78 Å². The first-order chi connectivity index (χ1) is 16.3. The molecule has 1 aromatic heterocycles. The predicted molar refractivity (Wildman–Crippen MR) is 116 cm³/mol. The smallest absolute Gasteiger partial charge is 0.406 e. The number of nitrogens with zero attached hydrogens (tertiary/aromatic N) is 1. The van der Waals surface area contributed by atoms with Gasteiger partial charge in [-0.3, -0.25) is 4.98 Å². The lowest BCUT2D eigenvalue weighted by molar-refractivity contribution is -0.274. The van der Waals surface area contributed by atoms with Gasteiger partial charge in [-0.15, -0.1) is 13.2 Å². The number of benzene rings is 2. The number of aromatic nitrogens is 1. The summed E-state index contributed by atoms with van der Waals surface area (Å²) in [6.07, 6.45) is -2.61. The van der Waals surface area contributed by atoms with Gasteiger partial charge in [0.1, 0.15) is 23.1 Å². The molecule has 1 atom stereocenters. The Morgan fingerprint density at radius 1 is 0.886 bits per heavy atom. The van der Waals surface area contributed by atoms with E-state index in [2.05, 4.69) is 23.6 Å². The van der Waals surface area contributed by atoms with Crippen LogP contribution in [0.3, 0.4) is 0 Å². The summed E-state index contributed by atoms with van der Waals surface area (Å²) in [5.74, 6) is -7.08. The van der Waals surface area contributed by atoms with Crippen molar-refractivity contribution in [3.63, 3.8) is 0 Å². The summed E-state index contributed by atoms with van der Waals surface area (Å²) >= 11 is 0. The number of halogens is 7. The van der Waals surface area contributed by atoms with Gasteiger partial charge in [0, 0.05) is 29.9 Å². The third kappa shape index (κ3) is 6.49. The minimum absolute atomic E-state index is 0.271. The van der Waals surface area contributed by atoms with E-state index in [1.54, 1.807) is 0 Å². The Morgan fingerprint density at radius 3 is 1.91 bits per heavy atom. The van der Waals surface area contributed by atoms with Gasteiger partial charge in [-0.2, -0.15) is 8.78 Å². The van der Waals surface area contributed by atoms with Crippen molar-refractivity contribution in [3.8, 4) is 16.9 Å². The second kappa shape index (κ2) is 11.0. The van der Waals surface area contributed by atoms with Gasteiger partial charge in [-0.1, -0.05) is 44.5 Å². The van der Waals surface area contributed by atoms with Crippen molar-refractivity contribution in [1.82, 2.24) is 4.98 Å². The van der Waals surface area contributed by atoms with Crippen molar-refractivity contribution in [2.45, 2.75) is 38.2 Å². The third-order valence-electron chi connectivity index (χ3n) is 4.70. The number of rotatable bonds is 6. The maximum atomic E-state index is 15.1. The molecule has 0 amide bonds. The number of hydrogen-bond donors (Lipinski definition) is 2. The van der Waals surface area contributed by atoms with E-state index in [1.165, 1.54) is 24.6 Å². The number of aliphatic hydroxyl groups is 1. The number of hydrogen-bond acceptors (Lipinski definition) is 4. The zero-order valence-electron chi connectivity index (χ0n) is 18.7. The minimum atomic E-state index is -4.86. The molecular formula is C24H23F7N2O2. The Morgan fingerprint density at radius 2 is 1.46 bits per heavy atom. The second-order valence-electron chi connectivity index (χ2n) is 7.47. The Hall–Kier alpha value is -3.18. The molecule has 11 heteroatoms. The highest BCUT2D eigenvalue weighted by Gasteiger charge is 2.56. The predicted octanol–water partition coefficient (Wildman–Crippen LogP) is 6.28. The van der Waals surface area contributed by atoms with Crippen LogP contribution < -0.4 is 10.5 Å². The average molecular weight is 504 g/mol. The summed E-state index contributed by atoms with van der Waals surface area (Å²) in [5, 5.41) is 10.6. The van der Waals surface area contributed by atoms with Crippen molar-refractivity contribution in [3.05, 3.63) is 83.7 Å². The fourth-order valence-corrected chi connectivity index (χ4v) is 3.04. The molecule has 0 fully saturated rings. The molecule has 3 rings (SSSR count). The molecule has 0 saturated carbocycles. The number of pyridine rings is 1. The van der Waals surface area contributed by atoms with E-state index in [4.69, 9.17) is 5.73 Å². The molecule has 0 aliphatic rings. The van der Waals surface area contributed by atoms with Crippen molar-refractivity contribution in [1.29, 1.82) is 0 Å². The molecule has 3 aromatic rings. The van der Waals surface area contributed by atoms with Crippen LogP contribution in [0.1, 0.15) is 31.5 Å². The van der Waals surface area contributed by atoms with Gasteiger partial charge in [0.2, 0.25) is 0 Å². The number of nitrogens with two attached hydrogens (primary N) is 1. The second-order valence-corrected chi connectivity index (χ2v) is 7.47. The first-order valence-electron chi connectivity index (χ1n) is 10.4. The number of ether oxygens (including phenoxy) is 1. The summed E-state index contributed by atoms with van der Waals surface area (Å²) in [4.78, 5) is 3.62. The van der Waals surface area contributed by atoms with Crippen LogP contribution in [0.25, 0.3) is 11.1 Å². The zero-order valence-corrected chi connectivity index (χ0v) is 18.7. The maximum Gasteiger partial charge on any atom is 0.573 e. The van der Waals surface area contributed by atoms with E-state index >= 15 is 8.78 Å². The molecule has 1 heterocycles. The fraction of sp³-hybridized carbons (Fsp3) is 0.292. The molecule has 0 saturated heterocycles. The van der Waals surface area contributed by atoms with Gasteiger partial charge >= 0.3 is 12.3 Å². The molecule has 2 aromatic carbocycles. The maximum absolute atomic E-state index is 15.1. The Balaban J connectivity index is 0.00000137. The highest BCUT2D eigenvalue weighted by molar-refractivity contribution is 5.63. The highest BCUT2D eigenvalue weighted by atomic mass is 19.4. The minimum Gasteiger partial charge on any atom is -0.406 e. The Bertz CT molecular complexity index is 1100. The van der Waals surface area contributed by atoms with E-state index in [9.17, 15) is 27.1 Å².